The number of amides is 1. The highest BCUT2D eigenvalue weighted by Gasteiger charge is 2.30. The van der Waals surface area contributed by atoms with E-state index in [-0.39, 0.29) is 42.8 Å². The van der Waals surface area contributed by atoms with E-state index in [4.69, 9.17) is 5.73 Å². The highest BCUT2D eigenvalue weighted by atomic mass is 32.2. The van der Waals surface area contributed by atoms with Crippen molar-refractivity contribution in [2.45, 2.75) is 50.6 Å². The minimum absolute atomic E-state index is 0.0731. The summed E-state index contributed by atoms with van der Waals surface area (Å²) in [6.07, 6.45) is 3.97. The molecule has 1 aromatic heterocycles. The van der Waals surface area contributed by atoms with Crippen LogP contribution in [0, 0.1) is 22.0 Å². The fraction of sp³-hybridized carbons (Fsp3) is 0.611. The lowest BCUT2D eigenvalue weighted by Crippen LogP contribution is -2.49. The van der Waals surface area contributed by atoms with E-state index in [1.807, 2.05) is 13.8 Å². The van der Waals surface area contributed by atoms with Crippen molar-refractivity contribution < 1.29 is 24.7 Å². The van der Waals surface area contributed by atoms with Crippen LogP contribution in [0.3, 0.4) is 0 Å². The van der Waals surface area contributed by atoms with Crippen LogP contribution in [0.15, 0.2) is 28.6 Å². The van der Waals surface area contributed by atoms with Gasteiger partial charge in [0.15, 0.2) is 10.2 Å². The number of hydrogen-bond donors (Lipinski definition) is 5. The van der Waals surface area contributed by atoms with Gasteiger partial charge >= 0.3 is 7.12 Å². The van der Waals surface area contributed by atoms with Crippen molar-refractivity contribution in [1.29, 1.82) is 0 Å². The fourth-order valence-corrected chi connectivity index (χ4v) is 3.57. The molecule has 2 atom stereocenters. The van der Waals surface area contributed by atoms with Crippen LogP contribution in [0.2, 0.25) is 0 Å². The minimum atomic E-state index is -1.74. The van der Waals surface area contributed by atoms with Crippen LogP contribution >= 0.6 is 11.8 Å². The maximum absolute atomic E-state index is 12.8. The van der Waals surface area contributed by atoms with Crippen molar-refractivity contribution in [3.8, 4) is 0 Å². The van der Waals surface area contributed by atoms with Gasteiger partial charge in [0, 0.05) is 31.3 Å². The van der Waals surface area contributed by atoms with Crippen molar-refractivity contribution in [3.63, 3.8) is 0 Å². The SMILES string of the molecule is CC(C)C[C@H](NC(=O)[C@H](CCCN=C(N)N[N+](=O)[O-])CC(=O)CSc1ncccn1)B(O)O. The van der Waals surface area contributed by atoms with Crippen LogP contribution in [0.5, 0.6) is 0 Å². The Hall–Kier alpha value is -2.78. The van der Waals surface area contributed by atoms with Crippen molar-refractivity contribution in [3.05, 3.63) is 28.6 Å². The first-order valence-corrected chi connectivity index (χ1v) is 11.4. The Kier molecular flexibility index (Phi) is 13.0. The third-order valence-electron chi connectivity index (χ3n) is 4.36. The Morgan fingerprint density at radius 2 is 2.00 bits per heavy atom. The molecule has 13 nitrogen and oxygen atoms in total. The number of nitrogens with two attached hydrogens (primary N) is 1. The second kappa shape index (κ2) is 15.1. The van der Waals surface area contributed by atoms with E-state index in [0.29, 0.717) is 18.0 Å². The van der Waals surface area contributed by atoms with Gasteiger partial charge in [-0.1, -0.05) is 31.0 Å². The van der Waals surface area contributed by atoms with Gasteiger partial charge < -0.3 is 21.1 Å². The molecule has 0 unspecified atom stereocenters. The number of carbonyl (C=O) groups excluding carboxylic acids is 2. The van der Waals surface area contributed by atoms with Crippen LogP contribution in [0.1, 0.15) is 39.5 Å². The molecule has 1 amide bonds. The molecule has 1 heterocycles. The second-order valence-corrected chi connectivity index (χ2v) is 8.64. The molecule has 0 fully saturated rings. The zero-order valence-electron chi connectivity index (χ0n) is 18.6. The van der Waals surface area contributed by atoms with E-state index >= 15 is 0 Å². The van der Waals surface area contributed by atoms with Crippen molar-refractivity contribution in [2.24, 2.45) is 22.6 Å². The summed E-state index contributed by atoms with van der Waals surface area (Å²) < 4.78 is 0. The third kappa shape index (κ3) is 12.7. The average molecular weight is 483 g/mol. The Bertz CT molecular complexity index is 800. The fourth-order valence-electron chi connectivity index (χ4n) is 2.89. The number of rotatable bonds is 15. The van der Waals surface area contributed by atoms with Gasteiger partial charge in [-0.25, -0.2) is 25.1 Å². The van der Waals surface area contributed by atoms with E-state index in [1.165, 1.54) is 0 Å². The number of thioether (sulfide) groups is 1. The summed E-state index contributed by atoms with van der Waals surface area (Å²) in [5, 5.41) is 31.8. The molecule has 6 N–H and O–H groups in total. The summed E-state index contributed by atoms with van der Waals surface area (Å²) >= 11 is 1.15. The molecule has 0 saturated heterocycles. The molecular formula is C18H30BN7O6S. The number of carbonyl (C=O) groups is 2. The van der Waals surface area contributed by atoms with Gasteiger partial charge in [0.2, 0.25) is 5.91 Å². The molecule has 0 aliphatic carbocycles. The maximum Gasteiger partial charge on any atom is 0.475 e. The molecular weight excluding hydrogens is 453 g/mol. The van der Waals surface area contributed by atoms with Gasteiger partial charge in [0.05, 0.1) is 11.7 Å². The van der Waals surface area contributed by atoms with E-state index < -0.39 is 29.9 Å². The molecule has 1 aromatic rings. The molecule has 1 rings (SSSR count). The molecule has 0 spiro atoms. The van der Waals surface area contributed by atoms with E-state index in [1.54, 1.807) is 23.9 Å². The first kappa shape index (κ1) is 28.3. The Morgan fingerprint density at radius 1 is 1.33 bits per heavy atom. The number of aromatic nitrogens is 2. The molecule has 33 heavy (non-hydrogen) atoms. The quantitative estimate of drug-likeness (QED) is 0.0316. The van der Waals surface area contributed by atoms with Crippen molar-refractivity contribution in [1.82, 2.24) is 20.7 Å². The summed E-state index contributed by atoms with van der Waals surface area (Å²) in [6, 6.07) is 1.66. The minimum Gasteiger partial charge on any atom is -0.426 e. The maximum atomic E-state index is 12.8. The molecule has 182 valence electrons. The summed E-state index contributed by atoms with van der Waals surface area (Å²) in [5.74, 6) is -2.49. The van der Waals surface area contributed by atoms with Gasteiger partial charge in [-0.3, -0.25) is 9.59 Å². The van der Waals surface area contributed by atoms with Crippen LogP contribution in [0.4, 0.5) is 0 Å². The second-order valence-electron chi connectivity index (χ2n) is 7.70. The van der Waals surface area contributed by atoms with Crippen LogP contribution in [0.25, 0.3) is 0 Å². The van der Waals surface area contributed by atoms with Gasteiger partial charge in [0.1, 0.15) is 5.78 Å². The van der Waals surface area contributed by atoms with E-state index in [9.17, 15) is 29.8 Å². The number of Topliss-reactive ketones (excluding diaryl/α,β-unsaturated/α-hetero) is 1. The van der Waals surface area contributed by atoms with Crippen LogP contribution in [-0.2, 0) is 9.59 Å². The topological polar surface area (TPSA) is 206 Å². The Morgan fingerprint density at radius 3 is 2.58 bits per heavy atom. The monoisotopic (exact) mass is 483 g/mol. The number of ketones is 1. The van der Waals surface area contributed by atoms with Crippen LogP contribution < -0.4 is 16.5 Å². The number of nitro groups is 1. The van der Waals surface area contributed by atoms with Gasteiger partial charge in [0.25, 0.3) is 5.96 Å². The average Bonchev–Trinajstić information content (AvgIpc) is 2.73. The van der Waals surface area contributed by atoms with Crippen LogP contribution in [-0.4, -0.2) is 68.1 Å². The summed E-state index contributed by atoms with van der Waals surface area (Å²) in [5.41, 5.74) is 7.09. The predicted molar refractivity (Wildman–Crippen MR) is 123 cm³/mol. The van der Waals surface area contributed by atoms with Gasteiger partial charge in [-0.15, -0.1) is 0 Å². The van der Waals surface area contributed by atoms with Gasteiger partial charge in [-0.2, -0.15) is 0 Å². The molecule has 15 heteroatoms. The number of hydrogen-bond acceptors (Lipinski definition) is 10. The summed E-state index contributed by atoms with van der Waals surface area (Å²) in [6.45, 7) is 3.87. The Balaban J connectivity index is 2.75. The van der Waals surface area contributed by atoms with E-state index in [0.717, 1.165) is 11.8 Å². The summed E-state index contributed by atoms with van der Waals surface area (Å²) in [4.78, 5) is 47.6. The molecule has 0 bridgehead atoms. The number of hydrazine groups is 1. The lowest BCUT2D eigenvalue weighted by atomic mass is 9.74. The smallest absolute Gasteiger partial charge is 0.426 e. The number of nitrogens with zero attached hydrogens (tertiary/aromatic N) is 4. The first-order chi connectivity index (χ1) is 15.6. The molecule has 0 saturated carbocycles. The lowest BCUT2D eigenvalue weighted by molar-refractivity contribution is -0.525. The van der Waals surface area contributed by atoms with Gasteiger partial charge in [-0.05, 0) is 31.2 Å². The summed E-state index contributed by atoms with van der Waals surface area (Å²) in [7, 11) is -1.74. The van der Waals surface area contributed by atoms with Crippen molar-refractivity contribution >= 4 is 36.5 Å². The standard InChI is InChI=1S/C18H30BN7O6S/c1-12(2)9-15(19(29)30)24-16(28)13(5-3-6-21-17(20)25-26(31)32)10-14(27)11-33-18-22-7-4-8-23-18/h4,7-8,12-13,15,29-30H,3,5-6,9-11H2,1-2H3,(H,24,28)(H3,20,21,25)/t13-,15+/m1/s1. The number of aliphatic imine (C=N–C) groups is 1. The predicted octanol–water partition coefficient (Wildman–Crippen LogP) is -0.437. The molecule has 0 aromatic carbocycles. The lowest BCUT2D eigenvalue weighted by Gasteiger charge is -2.23. The zero-order chi connectivity index (χ0) is 24.8. The third-order valence-corrected chi connectivity index (χ3v) is 5.30. The molecule has 0 aliphatic heterocycles. The highest BCUT2D eigenvalue weighted by Crippen LogP contribution is 2.18. The van der Waals surface area contributed by atoms with Crippen molar-refractivity contribution in [2.75, 3.05) is 12.3 Å². The normalized spacial score (nSPS) is 13.3. The Labute approximate surface area is 196 Å². The molecule has 0 aliphatic rings. The highest BCUT2D eigenvalue weighted by molar-refractivity contribution is 7.99. The largest absolute Gasteiger partial charge is 0.475 e. The zero-order valence-corrected chi connectivity index (χ0v) is 19.4. The first-order valence-electron chi connectivity index (χ1n) is 10.4. The molecule has 0 radical (unpaired) electrons. The number of nitrogens with one attached hydrogen (secondary N) is 2. The number of guanidine groups is 1. The van der Waals surface area contributed by atoms with E-state index in [2.05, 4.69) is 20.3 Å².